The first-order valence-electron chi connectivity index (χ1n) is 6.28. The second-order valence-electron chi connectivity index (χ2n) is 5.29. The summed E-state index contributed by atoms with van der Waals surface area (Å²) in [6.07, 6.45) is 16.2. The highest BCUT2D eigenvalue weighted by molar-refractivity contribution is 5.23. The lowest BCUT2D eigenvalue weighted by Crippen LogP contribution is -2.24. The Morgan fingerprint density at radius 2 is 1.29 bits per heavy atom. The largest absolute Gasteiger partial charge is 0.0882 e. The topological polar surface area (TPSA) is 0 Å². The van der Waals surface area contributed by atoms with Crippen molar-refractivity contribution in [1.82, 2.24) is 0 Å². The second kappa shape index (κ2) is 3.56. The van der Waals surface area contributed by atoms with Gasteiger partial charge in [0.05, 0.1) is 0 Å². The van der Waals surface area contributed by atoms with Crippen LogP contribution in [0.4, 0.5) is 0 Å². The van der Waals surface area contributed by atoms with E-state index in [1.807, 2.05) is 11.1 Å². The molecular formula is C14H20. The van der Waals surface area contributed by atoms with Crippen molar-refractivity contribution in [2.75, 3.05) is 0 Å². The van der Waals surface area contributed by atoms with Gasteiger partial charge < -0.3 is 0 Å². The van der Waals surface area contributed by atoms with Crippen molar-refractivity contribution in [2.24, 2.45) is 11.8 Å². The van der Waals surface area contributed by atoms with Crippen LogP contribution in [-0.2, 0) is 0 Å². The van der Waals surface area contributed by atoms with Gasteiger partial charge in [-0.15, -0.1) is 0 Å². The molecule has 0 amide bonds. The zero-order chi connectivity index (χ0) is 9.38. The molecular weight excluding hydrogens is 168 g/mol. The van der Waals surface area contributed by atoms with Gasteiger partial charge in [-0.25, -0.2) is 0 Å². The fraction of sp³-hybridized carbons (Fsp3) is 0.714. The summed E-state index contributed by atoms with van der Waals surface area (Å²) >= 11 is 0. The Balaban J connectivity index is 1.82. The van der Waals surface area contributed by atoms with Crippen molar-refractivity contribution in [2.45, 2.75) is 51.4 Å². The molecule has 0 spiro atoms. The Bertz CT molecular complexity index is 254. The van der Waals surface area contributed by atoms with Gasteiger partial charge in [0.15, 0.2) is 0 Å². The van der Waals surface area contributed by atoms with Gasteiger partial charge in [-0.05, 0) is 63.2 Å². The van der Waals surface area contributed by atoms with E-state index >= 15 is 0 Å². The van der Waals surface area contributed by atoms with Crippen LogP contribution >= 0.6 is 0 Å². The van der Waals surface area contributed by atoms with Crippen LogP contribution in [0.1, 0.15) is 51.4 Å². The van der Waals surface area contributed by atoms with E-state index in [0.29, 0.717) is 0 Å². The van der Waals surface area contributed by atoms with Crippen LogP contribution in [0, 0.1) is 11.8 Å². The van der Waals surface area contributed by atoms with Crippen molar-refractivity contribution in [3.8, 4) is 0 Å². The number of hydrogen-bond acceptors (Lipinski definition) is 0. The predicted molar refractivity (Wildman–Crippen MR) is 60.1 cm³/mol. The third-order valence-electron chi connectivity index (χ3n) is 4.44. The highest BCUT2D eigenvalue weighted by atomic mass is 14.4. The fourth-order valence-corrected chi connectivity index (χ4v) is 3.58. The standard InChI is InChI=1S/C14H20/c1-2-6-12-10-14-8-4-3-7-13(14)9-11(12)5-1/h1-2,11-12H,3-10H2/t11-,12-/m1/s1. The third kappa shape index (κ3) is 1.45. The van der Waals surface area contributed by atoms with E-state index in [0.717, 1.165) is 11.8 Å². The number of allylic oxidation sites excluding steroid dienone is 4. The second-order valence-corrected chi connectivity index (χ2v) is 5.29. The molecule has 0 fully saturated rings. The summed E-state index contributed by atoms with van der Waals surface area (Å²) in [4.78, 5) is 0. The highest BCUT2D eigenvalue weighted by Crippen LogP contribution is 2.45. The monoisotopic (exact) mass is 188 g/mol. The summed E-state index contributed by atoms with van der Waals surface area (Å²) in [5, 5.41) is 0. The minimum absolute atomic E-state index is 1.01. The molecule has 0 N–H and O–H groups in total. The molecule has 0 aromatic heterocycles. The van der Waals surface area contributed by atoms with E-state index in [2.05, 4.69) is 12.2 Å². The van der Waals surface area contributed by atoms with Crippen LogP contribution < -0.4 is 0 Å². The lowest BCUT2D eigenvalue weighted by Gasteiger charge is -2.37. The molecule has 0 heterocycles. The molecule has 3 aliphatic carbocycles. The maximum Gasteiger partial charge on any atom is -0.0283 e. The summed E-state index contributed by atoms with van der Waals surface area (Å²) in [6, 6.07) is 0. The van der Waals surface area contributed by atoms with Crippen LogP contribution in [0.5, 0.6) is 0 Å². The van der Waals surface area contributed by atoms with Crippen molar-refractivity contribution < 1.29 is 0 Å². The number of fused-ring (bicyclic) bond motifs is 1. The van der Waals surface area contributed by atoms with Crippen LogP contribution in [-0.4, -0.2) is 0 Å². The molecule has 0 bridgehead atoms. The Morgan fingerprint density at radius 3 is 1.79 bits per heavy atom. The van der Waals surface area contributed by atoms with Gasteiger partial charge in [-0.1, -0.05) is 23.3 Å². The first kappa shape index (κ1) is 8.76. The lowest BCUT2D eigenvalue weighted by atomic mass is 9.68. The van der Waals surface area contributed by atoms with Gasteiger partial charge in [0.1, 0.15) is 0 Å². The van der Waals surface area contributed by atoms with Gasteiger partial charge in [0.2, 0.25) is 0 Å². The molecule has 3 rings (SSSR count). The van der Waals surface area contributed by atoms with E-state index in [1.54, 1.807) is 0 Å². The fourth-order valence-electron chi connectivity index (χ4n) is 3.58. The quantitative estimate of drug-likeness (QED) is 0.499. The van der Waals surface area contributed by atoms with E-state index < -0.39 is 0 Å². The molecule has 3 aliphatic rings. The van der Waals surface area contributed by atoms with Crippen LogP contribution in [0.2, 0.25) is 0 Å². The average molecular weight is 188 g/mol. The first-order chi connectivity index (χ1) is 6.93. The van der Waals surface area contributed by atoms with Crippen molar-refractivity contribution >= 4 is 0 Å². The number of hydrogen-bond donors (Lipinski definition) is 0. The molecule has 0 aromatic carbocycles. The zero-order valence-corrected chi connectivity index (χ0v) is 8.97. The van der Waals surface area contributed by atoms with E-state index in [1.165, 1.54) is 51.4 Å². The summed E-state index contributed by atoms with van der Waals surface area (Å²) < 4.78 is 0. The minimum atomic E-state index is 1.01. The molecule has 0 nitrogen and oxygen atoms in total. The molecule has 0 heteroatoms. The Hall–Kier alpha value is -0.520. The summed E-state index contributed by atoms with van der Waals surface area (Å²) in [5.74, 6) is 2.02. The molecule has 0 saturated carbocycles. The normalized spacial score (nSPS) is 36.6. The Kier molecular flexibility index (Phi) is 2.23. The average Bonchev–Trinajstić information content (AvgIpc) is 2.26. The number of rotatable bonds is 0. The Labute approximate surface area is 87.1 Å². The minimum Gasteiger partial charge on any atom is -0.0882 e. The zero-order valence-electron chi connectivity index (χ0n) is 8.97. The van der Waals surface area contributed by atoms with Gasteiger partial charge >= 0.3 is 0 Å². The van der Waals surface area contributed by atoms with Crippen molar-refractivity contribution in [3.05, 3.63) is 23.3 Å². The van der Waals surface area contributed by atoms with Crippen LogP contribution in [0.15, 0.2) is 23.3 Å². The molecule has 0 radical (unpaired) electrons. The van der Waals surface area contributed by atoms with Gasteiger partial charge in [0.25, 0.3) is 0 Å². The Morgan fingerprint density at radius 1 is 0.786 bits per heavy atom. The molecule has 0 saturated heterocycles. The first-order valence-corrected chi connectivity index (χ1v) is 6.28. The summed E-state index contributed by atoms with van der Waals surface area (Å²) in [7, 11) is 0. The van der Waals surface area contributed by atoms with Crippen molar-refractivity contribution in [3.63, 3.8) is 0 Å². The molecule has 2 atom stereocenters. The maximum atomic E-state index is 2.41. The molecule has 14 heavy (non-hydrogen) atoms. The smallest absolute Gasteiger partial charge is 0.0283 e. The van der Waals surface area contributed by atoms with E-state index in [9.17, 15) is 0 Å². The van der Waals surface area contributed by atoms with Gasteiger partial charge in [0, 0.05) is 0 Å². The van der Waals surface area contributed by atoms with E-state index in [4.69, 9.17) is 0 Å². The molecule has 0 aromatic rings. The van der Waals surface area contributed by atoms with Gasteiger partial charge in [-0.2, -0.15) is 0 Å². The lowest BCUT2D eigenvalue weighted by molar-refractivity contribution is 0.285. The predicted octanol–water partition coefficient (Wildman–Crippen LogP) is 4.23. The summed E-state index contributed by atoms with van der Waals surface area (Å²) in [6.45, 7) is 0. The SMILES string of the molecule is C1=CC[C@@H]2CC3=C(CCCC3)C[C@H]2C1. The van der Waals surface area contributed by atoms with E-state index in [-0.39, 0.29) is 0 Å². The maximum absolute atomic E-state index is 2.41. The van der Waals surface area contributed by atoms with Crippen molar-refractivity contribution in [1.29, 1.82) is 0 Å². The molecule has 0 unspecified atom stereocenters. The molecule has 0 aliphatic heterocycles. The van der Waals surface area contributed by atoms with Crippen LogP contribution in [0.3, 0.4) is 0 Å². The third-order valence-corrected chi connectivity index (χ3v) is 4.44. The highest BCUT2D eigenvalue weighted by Gasteiger charge is 2.30. The van der Waals surface area contributed by atoms with Gasteiger partial charge in [-0.3, -0.25) is 0 Å². The van der Waals surface area contributed by atoms with Crippen LogP contribution in [0.25, 0.3) is 0 Å². The molecule has 76 valence electrons. The summed E-state index contributed by atoms with van der Waals surface area (Å²) in [5.41, 5.74) is 3.74.